The summed E-state index contributed by atoms with van der Waals surface area (Å²) in [6.07, 6.45) is 1.11. The summed E-state index contributed by atoms with van der Waals surface area (Å²) in [6.45, 7) is 0.363. The number of amides is 1. The average Bonchev–Trinajstić information content (AvgIpc) is 2.61. The normalized spacial score (nSPS) is 11.4. The van der Waals surface area contributed by atoms with Gasteiger partial charge in [-0.15, -0.1) is 0 Å². The predicted octanol–water partition coefficient (Wildman–Crippen LogP) is 2.12. The number of sulfonamides is 1. The van der Waals surface area contributed by atoms with E-state index in [4.69, 9.17) is 4.74 Å². The smallest absolute Gasteiger partial charge is 0.237 e. The van der Waals surface area contributed by atoms with Gasteiger partial charge in [0.15, 0.2) is 0 Å². The molecule has 0 aliphatic heterocycles. The largest absolute Gasteiger partial charge is 0.497 e. The molecule has 0 spiro atoms. The molecule has 0 N–H and O–H groups in total. The van der Waals surface area contributed by atoms with Gasteiger partial charge in [0.1, 0.15) is 5.75 Å². The number of carbonyl (C=O) groups is 1. The third-order valence-corrected chi connectivity index (χ3v) is 5.18. The lowest BCUT2D eigenvalue weighted by molar-refractivity contribution is -0.130. The van der Waals surface area contributed by atoms with Crippen LogP contribution in [-0.4, -0.2) is 50.5 Å². The topological polar surface area (TPSA) is 66.9 Å². The summed E-state index contributed by atoms with van der Waals surface area (Å²) in [5, 5.41) is 0. The van der Waals surface area contributed by atoms with E-state index in [1.54, 1.807) is 38.4 Å². The summed E-state index contributed by atoms with van der Waals surface area (Å²) in [5.41, 5.74) is 1.78. The van der Waals surface area contributed by atoms with Crippen molar-refractivity contribution in [2.45, 2.75) is 13.1 Å². The Kier molecular flexibility index (Phi) is 6.76. The van der Waals surface area contributed by atoms with Crippen molar-refractivity contribution in [3.8, 4) is 5.75 Å². The first-order chi connectivity index (χ1) is 12.3. The minimum absolute atomic E-state index is 0.133. The molecule has 0 aromatic heterocycles. The highest BCUT2D eigenvalue weighted by atomic mass is 32.2. The molecule has 0 fully saturated rings. The zero-order valence-corrected chi connectivity index (χ0v) is 16.1. The third kappa shape index (κ3) is 5.86. The number of hydrogen-bond acceptors (Lipinski definition) is 4. The molecule has 0 unspecified atom stereocenters. The number of benzene rings is 2. The molecule has 2 aromatic rings. The van der Waals surface area contributed by atoms with Crippen molar-refractivity contribution in [1.29, 1.82) is 0 Å². The van der Waals surface area contributed by atoms with Gasteiger partial charge in [-0.1, -0.05) is 42.5 Å². The van der Waals surface area contributed by atoms with E-state index in [0.29, 0.717) is 12.3 Å². The van der Waals surface area contributed by atoms with Crippen LogP contribution < -0.4 is 4.74 Å². The molecule has 0 aliphatic rings. The van der Waals surface area contributed by atoms with Gasteiger partial charge in [-0.25, -0.2) is 8.42 Å². The summed E-state index contributed by atoms with van der Waals surface area (Å²) >= 11 is 0. The molecule has 26 heavy (non-hydrogen) atoms. The molecule has 0 radical (unpaired) electrons. The molecule has 140 valence electrons. The van der Waals surface area contributed by atoms with Crippen LogP contribution in [0.4, 0.5) is 0 Å². The zero-order chi connectivity index (χ0) is 19.2. The number of nitrogens with zero attached hydrogens (tertiary/aromatic N) is 2. The second-order valence-corrected chi connectivity index (χ2v) is 8.10. The molecule has 0 aliphatic carbocycles. The van der Waals surface area contributed by atoms with Gasteiger partial charge in [0.05, 0.1) is 19.9 Å². The zero-order valence-electron chi connectivity index (χ0n) is 15.3. The van der Waals surface area contributed by atoms with E-state index in [-0.39, 0.29) is 19.0 Å². The highest BCUT2D eigenvalue weighted by Crippen LogP contribution is 2.15. The fourth-order valence-corrected chi connectivity index (χ4v) is 3.17. The molecule has 1 amide bonds. The number of likely N-dealkylation sites (N-methyl/N-ethyl adjacent to an activating group) is 1. The van der Waals surface area contributed by atoms with Gasteiger partial charge < -0.3 is 9.64 Å². The minimum atomic E-state index is -3.53. The van der Waals surface area contributed by atoms with Crippen molar-refractivity contribution in [3.63, 3.8) is 0 Å². The lowest BCUT2D eigenvalue weighted by Crippen LogP contribution is -2.40. The standard InChI is InChI=1S/C19H24N2O4S/c1-20(13-16-7-5-4-6-8-16)19(22)15-21(26(3,23)24)14-17-9-11-18(25-2)12-10-17/h4-12H,13-15H2,1-3H3. The van der Waals surface area contributed by atoms with Crippen molar-refractivity contribution >= 4 is 15.9 Å². The third-order valence-electron chi connectivity index (χ3n) is 3.99. The molecule has 0 heterocycles. The summed E-state index contributed by atoms with van der Waals surface area (Å²) in [4.78, 5) is 14.0. The van der Waals surface area contributed by atoms with Gasteiger partial charge >= 0.3 is 0 Å². The van der Waals surface area contributed by atoms with Gasteiger partial charge in [-0.2, -0.15) is 4.31 Å². The van der Waals surface area contributed by atoms with Crippen LogP contribution in [0.15, 0.2) is 54.6 Å². The van der Waals surface area contributed by atoms with Gasteiger partial charge in [-0.05, 0) is 23.3 Å². The first kappa shape index (κ1) is 19.9. The highest BCUT2D eigenvalue weighted by Gasteiger charge is 2.22. The van der Waals surface area contributed by atoms with Crippen LogP contribution in [0.3, 0.4) is 0 Å². The second-order valence-electron chi connectivity index (χ2n) is 6.11. The molecule has 6 nitrogen and oxygen atoms in total. The fraction of sp³-hybridized carbons (Fsp3) is 0.316. The monoisotopic (exact) mass is 376 g/mol. The Morgan fingerprint density at radius 2 is 1.54 bits per heavy atom. The van der Waals surface area contributed by atoms with E-state index < -0.39 is 10.0 Å². The SMILES string of the molecule is COc1ccc(CN(CC(=O)N(C)Cc2ccccc2)S(C)(=O)=O)cc1. The number of methoxy groups -OCH3 is 1. The molecule has 0 saturated carbocycles. The van der Waals surface area contributed by atoms with Crippen molar-refractivity contribution < 1.29 is 17.9 Å². The first-order valence-electron chi connectivity index (χ1n) is 8.15. The first-order valence-corrected chi connectivity index (χ1v) is 10.0. The molecule has 0 bridgehead atoms. The van der Waals surface area contributed by atoms with Gasteiger partial charge in [0, 0.05) is 20.1 Å². The lowest BCUT2D eigenvalue weighted by atomic mass is 10.2. The van der Waals surface area contributed by atoms with E-state index in [1.165, 1.54) is 9.21 Å². The minimum Gasteiger partial charge on any atom is -0.497 e. The predicted molar refractivity (Wildman–Crippen MR) is 101 cm³/mol. The highest BCUT2D eigenvalue weighted by molar-refractivity contribution is 7.88. The second kappa shape index (κ2) is 8.82. The van der Waals surface area contributed by atoms with Crippen LogP contribution in [0.5, 0.6) is 5.75 Å². The number of carbonyl (C=O) groups excluding carboxylic acids is 1. The number of ether oxygens (including phenoxy) is 1. The molecule has 2 rings (SSSR count). The van der Waals surface area contributed by atoms with E-state index in [0.717, 1.165) is 17.4 Å². The van der Waals surface area contributed by atoms with Crippen LogP contribution in [-0.2, 0) is 27.9 Å². The van der Waals surface area contributed by atoms with Gasteiger partial charge in [-0.3, -0.25) is 4.79 Å². The van der Waals surface area contributed by atoms with Crippen LogP contribution in [0.2, 0.25) is 0 Å². The van der Waals surface area contributed by atoms with Crippen LogP contribution in [0, 0.1) is 0 Å². The summed E-state index contributed by atoms with van der Waals surface area (Å²) in [5.74, 6) is 0.436. The van der Waals surface area contributed by atoms with Gasteiger partial charge in [0.25, 0.3) is 0 Å². The molecule has 0 saturated heterocycles. The maximum atomic E-state index is 12.5. The van der Waals surface area contributed by atoms with Crippen LogP contribution in [0.1, 0.15) is 11.1 Å². The van der Waals surface area contributed by atoms with Crippen molar-refractivity contribution in [1.82, 2.24) is 9.21 Å². The average molecular weight is 376 g/mol. The summed E-state index contributed by atoms with van der Waals surface area (Å²) < 4.78 is 30.5. The molecular formula is C19H24N2O4S. The Balaban J connectivity index is 2.05. The fourth-order valence-electron chi connectivity index (χ4n) is 2.44. The Hall–Kier alpha value is -2.38. The number of hydrogen-bond donors (Lipinski definition) is 0. The maximum absolute atomic E-state index is 12.5. The molecule has 0 atom stereocenters. The Labute approximate surface area is 155 Å². The quantitative estimate of drug-likeness (QED) is 0.708. The Morgan fingerprint density at radius 1 is 0.962 bits per heavy atom. The Bertz CT molecular complexity index is 820. The van der Waals surface area contributed by atoms with Crippen molar-refractivity contribution in [2.24, 2.45) is 0 Å². The van der Waals surface area contributed by atoms with Crippen LogP contribution in [0.25, 0.3) is 0 Å². The van der Waals surface area contributed by atoms with E-state index in [2.05, 4.69) is 0 Å². The number of rotatable bonds is 8. The van der Waals surface area contributed by atoms with Gasteiger partial charge in [0.2, 0.25) is 15.9 Å². The Morgan fingerprint density at radius 3 is 2.08 bits per heavy atom. The van der Waals surface area contributed by atoms with Crippen molar-refractivity contribution in [2.75, 3.05) is 27.0 Å². The lowest BCUT2D eigenvalue weighted by Gasteiger charge is -2.23. The summed E-state index contributed by atoms with van der Waals surface area (Å²) in [6, 6.07) is 16.7. The van der Waals surface area contributed by atoms with E-state index in [9.17, 15) is 13.2 Å². The molecular weight excluding hydrogens is 352 g/mol. The molecule has 7 heteroatoms. The van der Waals surface area contributed by atoms with Crippen molar-refractivity contribution in [3.05, 3.63) is 65.7 Å². The maximum Gasteiger partial charge on any atom is 0.237 e. The van der Waals surface area contributed by atoms with Crippen LogP contribution >= 0.6 is 0 Å². The molecule has 2 aromatic carbocycles. The van der Waals surface area contributed by atoms with E-state index >= 15 is 0 Å². The summed E-state index contributed by atoms with van der Waals surface area (Å²) in [7, 11) is -0.287. The van der Waals surface area contributed by atoms with E-state index in [1.807, 2.05) is 30.3 Å².